The van der Waals surface area contributed by atoms with E-state index in [1.165, 1.54) is 19.1 Å². The summed E-state index contributed by atoms with van der Waals surface area (Å²) in [4.78, 5) is 0.271. The van der Waals surface area contributed by atoms with Crippen LogP contribution in [0.2, 0.25) is 0 Å². The maximum Gasteiger partial charge on any atom is 0.175 e. The first kappa shape index (κ1) is 15.2. The molecule has 0 bridgehead atoms. The third-order valence-corrected chi connectivity index (χ3v) is 4.11. The predicted molar refractivity (Wildman–Crippen MR) is 73.3 cm³/mol. The molecule has 0 fully saturated rings. The molecular weight excluding hydrogens is 248 g/mol. The fourth-order valence-electron chi connectivity index (χ4n) is 1.88. The maximum atomic E-state index is 11.4. The van der Waals surface area contributed by atoms with Crippen LogP contribution >= 0.6 is 0 Å². The monoisotopic (exact) mass is 270 g/mol. The SMILES string of the molecule is CCCCCCC(O)c1cccc(S(C)(=O)=O)c1. The van der Waals surface area contributed by atoms with Crippen LogP contribution in [-0.4, -0.2) is 19.8 Å². The van der Waals surface area contributed by atoms with Crippen LogP contribution in [-0.2, 0) is 9.84 Å². The van der Waals surface area contributed by atoms with Gasteiger partial charge in [-0.3, -0.25) is 0 Å². The van der Waals surface area contributed by atoms with Crippen LogP contribution in [0.3, 0.4) is 0 Å². The third kappa shape index (κ3) is 4.78. The van der Waals surface area contributed by atoms with Crippen molar-refractivity contribution in [1.82, 2.24) is 0 Å². The van der Waals surface area contributed by atoms with Crippen molar-refractivity contribution >= 4 is 9.84 Å². The lowest BCUT2D eigenvalue weighted by molar-refractivity contribution is 0.163. The minimum Gasteiger partial charge on any atom is -0.388 e. The zero-order valence-electron chi connectivity index (χ0n) is 11.1. The van der Waals surface area contributed by atoms with E-state index in [1.54, 1.807) is 24.3 Å². The van der Waals surface area contributed by atoms with E-state index >= 15 is 0 Å². The lowest BCUT2D eigenvalue weighted by Crippen LogP contribution is -2.02. The average Bonchev–Trinajstić information content (AvgIpc) is 2.33. The Bertz CT molecular complexity index is 466. The lowest BCUT2D eigenvalue weighted by atomic mass is 10.0. The smallest absolute Gasteiger partial charge is 0.175 e. The van der Waals surface area contributed by atoms with Gasteiger partial charge >= 0.3 is 0 Å². The van der Waals surface area contributed by atoms with Gasteiger partial charge in [0.1, 0.15) is 0 Å². The number of unbranched alkanes of at least 4 members (excludes halogenated alkanes) is 3. The molecule has 1 aromatic carbocycles. The van der Waals surface area contributed by atoms with Crippen molar-refractivity contribution in [2.75, 3.05) is 6.26 Å². The number of aliphatic hydroxyl groups is 1. The van der Waals surface area contributed by atoms with Crippen molar-refractivity contribution in [3.8, 4) is 0 Å². The molecule has 1 unspecified atom stereocenters. The molecule has 0 saturated heterocycles. The Labute approximate surface area is 110 Å². The summed E-state index contributed by atoms with van der Waals surface area (Å²) in [5.74, 6) is 0. The van der Waals surface area contributed by atoms with Crippen LogP contribution in [0.25, 0.3) is 0 Å². The van der Waals surface area contributed by atoms with E-state index in [0.717, 1.165) is 12.8 Å². The van der Waals surface area contributed by atoms with Crippen molar-refractivity contribution in [3.63, 3.8) is 0 Å². The van der Waals surface area contributed by atoms with Gasteiger partial charge in [-0.2, -0.15) is 0 Å². The second kappa shape index (κ2) is 6.90. The quantitative estimate of drug-likeness (QED) is 0.775. The molecule has 18 heavy (non-hydrogen) atoms. The number of hydrogen-bond donors (Lipinski definition) is 1. The Balaban J connectivity index is 2.66. The highest BCUT2D eigenvalue weighted by molar-refractivity contribution is 7.90. The fraction of sp³-hybridized carbons (Fsp3) is 0.571. The van der Waals surface area contributed by atoms with Crippen LogP contribution in [0.5, 0.6) is 0 Å². The molecular formula is C14H22O3S. The van der Waals surface area contributed by atoms with Gasteiger partial charge in [-0.25, -0.2) is 8.42 Å². The largest absolute Gasteiger partial charge is 0.388 e. The van der Waals surface area contributed by atoms with Gasteiger partial charge in [0.15, 0.2) is 9.84 Å². The highest BCUT2D eigenvalue weighted by Crippen LogP contribution is 2.22. The van der Waals surface area contributed by atoms with Gasteiger partial charge in [0.25, 0.3) is 0 Å². The molecule has 0 heterocycles. The highest BCUT2D eigenvalue weighted by atomic mass is 32.2. The number of aliphatic hydroxyl groups excluding tert-OH is 1. The number of hydrogen-bond acceptors (Lipinski definition) is 3. The van der Waals surface area contributed by atoms with Gasteiger partial charge in [-0.1, -0.05) is 44.7 Å². The van der Waals surface area contributed by atoms with E-state index < -0.39 is 15.9 Å². The summed E-state index contributed by atoms with van der Waals surface area (Å²) in [5.41, 5.74) is 0.689. The first-order chi connectivity index (χ1) is 8.45. The summed E-state index contributed by atoms with van der Waals surface area (Å²) in [5, 5.41) is 10.0. The van der Waals surface area contributed by atoms with Crippen molar-refractivity contribution in [2.45, 2.75) is 50.0 Å². The van der Waals surface area contributed by atoms with Crippen LogP contribution in [0.15, 0.2) is 29.2 Å². The molecule has 0 radical (unpaired) electrons. The molecule has 0 aliphatic heterocycles. The second-order valence-corrected chi connectivity index (χ2v) is 6.73. The summed E-state index contributed by atoms with van der Waals surface area (Å²) in [6.45, 7) is 2.14. The normalized spacial score (nSPS) is 13.5. The Morgan fingerprint density at radius 2 is 1.94 bits per heavy atom. The summed E-state index contributed by atoms with van der Waals surface area (Å²) in [6, 6.07) is 6.59. The minimum absolute atomic E-state index is 0.271. The Kier molecular flexibility index (Phi) is 5.82. The molecule has 4 heteroatoms. The van der Waals surface area contributed by atoms with Gasteiger partial charge in [0, 0.05) is 6.26 Å². The summed E-state index contributed by atoms with van der Waals surface area (Å²) in [6.07, 6.45) is 5.73. The molecule has 1 aromatic rings. The van der Waals surface area contributed by atoms with Crippen molar-refractivity contribution < 1.29 is 13.5 Å². The van der Waals surface area contributed by atoms with E-state index in [-0.39, 0.29) is 4.90 Å². The zero-order chi connectivity index (χ0) is 13.6. The van der Waals surface area contributed by atoms with Crippen LogP contribution in [0.4, 0.5) is 0 Å². The number of benzene rings is 1. The molecule has 0 spiro atoms. The van der Waals surface area contributed by atoms with E-state index in [4.69, 9.17) is 0 Å². The van der Waals surface area contributed by atoms with Crippen molar-refractivity contribution in [2.24, 2.45) is 0 Å². The van der Waals surface area contributed by atoms with Gasteiger partial charge in [-0.15, -0.1) is 0 Å². The Morgan fingerprint density at radius 1 is 1.22 bits per heavy atom. The topological polar surface area (TPSA) is 54.4 Å². The molecule has 0 aromatic heterocycles. The Morgan fingerprint density at radius 3 is 2.56 bits per heavy atom. The first-order valence-corrected chi connectivity index (χ1v) is 8.32. The molecule has 0 amide bonds. The van der Waals surface area contributed by atoms with E-state index in [0.29, 0.717) is 12.0 Å². The van der Waals surface area contributed by atoms with Gasteiger partial charge in [0.2, 0.25) is 0 Å². The van der Waals surface area contributed by atoms with E-state index in [1.807, 2.05) is 0 Å². The van der Waals surface area contributed by atoms with Crippen molar-refractivity contribution in [3.05, 3.63) is 29.8 Å². The number of sulfone groups is 1. The molecule has 0 aliphatic rings. The second-order valence-electron chi connectivity index (χ2n) is 4.71. The first-order valence-electron chi connectivity index (χ1n) is 6.43. The zero-order valence-corrected chi connectivity index (χ0v) is 11.9. The maximum absolute atomic E-state index is 11.4. The van der Waals surface area contributed by atoms with Crippen LogP contribution < -0.4 is 0 Å². The standard InChI is InChI=1S/C14H22O3S/c1-3-4-5-6-10-14(15)12-8-7-9-13(11-12)18(2,16)17/h7-9,11,14-15H,3-6,10H2,1-2H3. The van der Waals surface area contributed by atoms with E-state index in [9.17, 15) is 13.5 Å². The average molecular weight is 270 g/mol. The highest BCUT2D eigenvalue weighted by Gasteiger charge is 2.12. The molecule has 0 aliphatic carbocycles. The summed E-state index contributed by atoms with van der Waals surface area (Å²) < 4.78 is 22.9. The lowest BCUT2D eigenvalue weighted by Gasteiger charge is -2.11. The van der Waals surface area contributed by atoms with Crippen LogP contribution in [0.1, 0.15) is 50.7 Å². The van der Waals surface area contributed by atoms with E-state index in [2.05, 4.69) is 6.92 Å². The van der Waals surface area contributed by atoms with Crippen LogP contribution in [0, 0.1) is 0 Å². The van der Waals surface area contributed by atoms with Crippen molar-refractivity contribution in [1.29, 1.82) is 0 Å². The third-order valence-electron chi connectivity index (χ3n) is 3.00. The van der Waals surface area contributed by atoms with Gasteiger partial charge in [-0.05, 0) is 24.1 Å². The molecule has 102 valence electrons. The van der Waals surface area contributed by atoms with Gasteiger partial charge < -0.3 is 5.11 Å². The number of rotatable bonds is 7. The molecule has 1 rings (SSSR count). The molecule has 1 N–H and O–H groups in total. The van der Waals surface area contributed by atoms with Gasteiger partial charge in [0.05, 0.1) is 11.0 Å². The molecule has 0 saturated carbocycles. The molecule has 1 atom stereocenters. The predicted octanol–water partition coefficient (Wildman–Crippen LogP) is 3.09. The summed E-state index contributed by atoms with van der Waals surface area (Å²) >= 11 is 0. The molecule has 3 nitrogen and oxygen atoms in total. The fourth-order valence-corrected chi connectivity index (χ4v) is 2.56. The Hall–Kier alpha value is -0.870. The summed E-state index contributed by atoms with van der Waals surface area (Å²) in [7, 11) is -3.20. The minimum atomic E-state index is -3.20.